The number of nitrogens with two attached hydrogens (primary N) is 2. The zero-order chi connectivity index (χ0) is 14.5. The van der Waals surface area contributed by atoms with Gasteiger partial charge in [-0.2, -0.15) is 0 Å². The molecule has 19 heavy (non-hydrogen) atoms. The van der Waals surface area contributed by atoms with E-state index >= 15 is 0 Å². The minimum Gasteiger partial charge on any atom is -0.398 e. The van der Waals surface area contributed by atoms with E-state index in [9.17, 15) is 8.42 Å². The lowest BCUT2D eigenvalue weighted by Gasteiger charge is -2.10. The highest BCUT2D eigenvalue weighted by Gasteiger charge is 2.11. The average Bonchev–Trinajstić information content (AvgIpc) is 2.26. The molecule has 0 aliphatic carbocycles. The fourth-order valence-electron chi connectivity index (χ4n) is 1.50. The van der Waals surface area contributed by atoms with Gasteiger partial charge in [-0.05, 0) is 24.1 Å². The first kappa shape index (κ1) is 15.7. The Bertz CT molecular complexity index is 515. The topological polar surface area (TPSA) is 107 Å². The van der Waals surface area contributed by atoms with E-state index in [1.165, 1.54) is 6.07 Å². The smallest absolute Gasteiger partial charge is 0.240 e. The zero-order valence-corrected chi connectivity index (χ0v) is 12.0. The van der Waals surface area contributed by atoms with Crippen LogP contribution < -0.4 is 16.2 Å². The maximum absolute atomic E-state index is 11.2. The third-order valence-corrected chi connectivity index (χ3v) is 3.33. The number of nitrogens with one attached hydrogen (secondary N) is 1. The zero-order valence-electron chi connectivity index (χ0n) is 11.2. The predicted molar refractivity (Wildman–Crippen MR) is 76.4 cm³/mol. The Balaban J connectivity index is 2.51. The number of nitrogen functional groups attached to an aromatic ring is 1. The second kappa shape index (κ2) is 6.74. The molecule has 0 aromatic heterocycles. The third kappa shape index (κ3) is 5.46. The first-order chi connectivity index (χ1) is 8.80. The summed E-state index contributed by atoms with van der Waals surface area (Å²) in [4.78, 5) is -0.0610. The molecule has 1 rings (SSSR count). The minimum atomic E-state index is -3.77. The highest BCUT2D eigenvalue weighted by atomic mass is 32.2. The molecule has 5 N–H and O–H groups in total. The summed E-state index contributed by atoms with van der Waals surface area (Å²) in [5.41, 5.74) is 6.52. The molecule has 0 spiro atoms. The SMILES string of the molecule is CC(C)COCCNc1ccc(S(N)(=O)=O)c(N)c1. The Morgan fingerprint density at radius 1 is 1.37 bits per heavy atom. The van der Waals surface area contributed by atoms with Gasteiger partial charge in [0.05, 0.1) is 12.3 Å². The maximum atomic E-state index is 11.2. The van der Waals surface area contributed by atoms with Crippen LogP contribution in [0.15, 0.2) is 23.1 Å². The molecule has 0 fully saturated rings. The Hall–Kier alpha value is -1.31. The van der Waals surface area contributed by atoms with Gasteiger partial charge < -0.3 is 15.8 Å². The van der Waals surface area contributed by atoms with Crippen molar-refractivity contribution in [1.29, 1.82) is 0 Å². The monoisotopic (exact) mass is 287 g/mol. The number of hydrogen-bond donors (Lipinski definition) is 3. The van der Waals surface area contributed by atoms with E-state index in [1.54, 1.807) is 12.1 Å². The number of primary sulfonamides is 1. The first-order valence-electron chi connectivity index (χ1n) is 6.04. The van der Waals surface area contributed by atoms with Crippen molar-refractivity contribution in [2.45, 2.75) is 18.7 Å². The van der Waals surface area contributed by atoms with Crippen molar-refractivity contribution in [2.24, 2.45) is 11.1 Å². The molecule has 0 aliphatic heterocycles. The molecule has 108 valence electrons. The highest BCUT2D eigenvalue weighted by Crippen LogP contribution is 2.21. The van der Waals surface area contributed by atoms with E-state index in [0.717, 1.165) is 5.69 Å². The van der Waals surface area contributed by atoms with Gasteiger partial charge in [0.25, 0.3) is 0 Å². The fraction of sp³-hybridized carbons (Fsp3) is 0.500. The largest absolute Gasteiger partial charge is 0.398 e. The van der Waals surface area contributed by atoms with Crippen molar-refractivity contribution in [3.05, 3.63) is 18.2 Å². The lowest BCUT2D eigenvalue weighted by Crippen LogP contribution is -2.15. The number of benzene rings is 1. The van der Waals surface area contributed by atoms with Gasteiger partial charge in [-0.25, -0.2) is 13.6 Å². The Labute approximate surface area is 114 Å². The second-order valence-electron chi connectivity index (χ2n) is 4.69. The van der Waals surface area contributed by atoms with Crippen LogP contribution in [0.2, 0.25) is 0 Å². The van der Waals surface area contributed by atoms with Crippen molar-refractivity contribution in [3.8, 4) is 0 Å². The summed E-state index contributed by atoms with van der Waals surface area (Å²) < 4.78 is 27.8. The molecule has 7 heteroatoms. The molecule has 1 aromatic rings. The normalized spacial score (nSPS) is 11.8. The quantitative estimate of drug-likeness (QED) is 0.512. The molecule has 0 aliphatic rings. The molecule has 0 bridgehead atoms. The van der Waals surface area contributed by atoms with Crippen LogP contribution in [0.5, 0.6) is 0 Å². The Morgan fingerprint density at radius 2 is 2.05 bits per heavy atom. The molecule has 1 aromatic carbocycles. The van der Waals surface area contributed by atoms with Crippen LogP contribution in [0.25, 0.3) is 0 Å². The van der Waals surface area contributed by atoms with Gasteiger partial charge in [-0.15, -0.1) is 0 Å². The van der Waals surface area contributed by atoms with Crippen molar-refractivity contribution in [2.75, 3.05) is 30.8 Å². The van der Waals surface area contributed by atoms with Crippen molar-refractivity contribution < 1.29 is 13.2 Å². The van der Waals surface area contributed by atoms with Gasteiger partial charge in [0.1, 0.15) is 4.90 Å². The van der Waals surface area contributed by atoms with E-state index in [0.29, 0.717) is 25.7 Å². The van der Waals surface area contributed by atoms with E-state index in [4.69, 9.17) is 15.6 Å². The van der Waals surface area contributed by atoms with Gasteiger partial charge in [-0.1, -0.05) is 13.8 Å². The molecule has 0 saturated heterocycles. The molecule has 0 radical (unpaired) electrons. The van der Waals surface area contributed by atoms with Crippen LogP contribution in [0.3, 0.4) is 0 Å². The van der Waals surface area contributed by atoms with Crippen LogP contribution in [-0.4, -0.2) is 28.2 Å². The van der Waals surface area contributed by atoms with E-state index in [1.807, 2.05) is 0 Å². The number of sulfonamides is 1. The molecule has 0 amide bonds. The Kier molecular flexibility index (Phi) is 5.59. The third-order valence-electron chi connectivity index (χ3n) is 2.34. The van der Waals surface area contributed by atoms with Crippen molar-refractivity contribution >= 4 is 21.4 Å². The van der Waals surface area contributed by atoms with Crippen LogP contribution >= 0.6 is 0 Å². The van der Waals surface area contributed by atoms with Crippen molar-refractivity contribution in [1.82, 2.24) is 0 Å². The summed E-state index contributed by atoms with van der Waals surface area (Å²) in [6, 6.07) is 4.56. The number of anilines is 2. The van der Waals surface area contributed by atoms with E-state index in [-0.39, 0.29) is 10.6 Å². The summed E-state index contributed by atoms with van der Waals surface area (Å²) in [5.74, 6) is 0.504. The number of ether oxygens (including phenoxy) is 1. The lowest BCUT2D eigenvalue weighted by molar-refractivity contribution is 0.118. The van der Waals surface area contributed by atoms with Crippen LogP contribution in [-0.2, 0) is 14.8 Å². The van der Waals surface area contributed by atoms with Gasteiger partial charge >= 0.3 is 0 Å². The number of hydrogen-bond acceptors (Lipinski definition) is 5. The van der Waals surface area contributed by atoms with Crippen LogP contribution in [0, 0.1) is 5.92 Å². The predicted octanol–water partition coefficient (Wildman–Crippen LogP) is 1.00. The summed E-state index contributed by atoms with van der Waals surface area (Å²) >= 11 is 0. The molecule has 0 saturated carbocycles. The molecule has 0 atom stereocenters. The standard InChI is InChI=1S/C12H21N3O3S/c1-9(2)8-18-6-5-15-10-3-4-12(11(13)7-10)19(14,16)17/h3-4,7,9,15H,5-6,8,13H2,1-2H3,(H2,14,16,17). The van der Waals surface area contributed by atoms with Gasteiger partial charge in [0, 0.05) is 18.8 Å². The molecular formula is C12H21N3O3S. The number of rotatable bonds is 7. The van der Waals surface area contributed by atoms with Crippen LogP contribution in [0.4, 0.5) is 11.4 Å². The lowest BCUT2D eigenvalue weighted by atomic mass is 10.2. The minimum absolute atomic E-state index is 0.0610. The first-order valence-corrected chi connectivity index (χ1v) is 7.59. The van der Waals surface area contributed by atoms with Crippen molar-refractivity contribution in [3.63, 3.8) is 0 Å². The van der Waals surface area contributed by atoms with Gasteiger partial charge in [0.15, 0.2) is 0 Å². The molecule has 6 nitrogen and oxygen atoms in total. The summed E-state index contributed by atoms with van der Waals surface area (Å²) in [7, 11) is -3.77. The van der Waals surface area contributed by atoms with Gasteiger partial charge in [0.2, 0.25) is 10.0 Å². The Morgan fingerprint density at radius 3 is 2.58 bits per heavy atom. The van der Waals surface area contributed by atoms with E-state index < -0.39 is 10.0 Å². The van der Waals surface area contributed by atoms with Gasteiger partial charge in [-0.3, -0.25) is 0 Å². The molecule has 0 unspecified atom stereocenters. The maximum Gasteiger partial charge on any atom is 0.240 e. The molecule has 0 heterocycles. The highest BCUT2D eigenvalue weighted by molar-refractivity contribution is 7.89. The fourth-order valence-corrected chi connectivity index (χ4v) is 2.15. The van der Waals surface area contributed by atoms with E-state index in [2.05, 4.69) is 19.2 Å². The average molecular weight is 287 g/mol. The summed E-state index contributed by atoms with van der Waals surface area (Å²) in [6.07, 6.45) is 0. The van der Waals surface area contributed by atoms with Crippen LogP contribution in [0.1, 0.15) is 13.8 Å². The summed E-state index contributed by atoms with van der Waals surface area (Å²) in [5, 5.41) is 8.12. The molecular weight excluding hydrogens is 266 g/mol. The summed E-state index contributed by atoms with van der Waals surface area (Å²) in [6.45, 7) is 6.09. The second-order valence-corrected chi connectivity index (χ2v) is 6.22.